The number of aliphatic hydroxyl groups excluding tert-OH is 2. The van der Waals surface area contributed by atoms with E-state index in [0.717, 1.165) is 0 Å². The van der Waals surface area contributed by atoms with E-state index in [0.29, 0.717) is 15.8 Å². The summed E-state index contributed by atoms with van der Waals surface area (Å²) in [6.45, 7) is -1.64. The maximum absolute atomic E-state index is 14.9. The lowest BCUT2D eigenvalue weighted by atomic mass is 9.72. The third-order valence-electron chi connectivity index (χ3n) is 12.3. The number of aromatic hydroxyl groups is 2. The van der Waals surface area contributed by atoms with Gasteiger partial charge in [-0.2, -0.15) is 0 Å². The first-order valence-corrected chi connectivity index (χ1v) is 20.2. The van der Waals surface area contributed by atoms with Crippen molar-refractivity contribution in [2.24, 2.45) is 0 Å². The Kier molecular flexibility index (Phi) is 11.5. The van der Waals surface area contributed by atoms with Crippen LogP contribution in [-0.2, 0) is 30.3 Å². The van der Waals surface area contributed by atoms with Crippen molar-refractivity contribution in [2.45, 2.75) is 80.8 Å². The van der Waals surface area contributed by atoms with Gasteiger partial charge in [0.05, 0.1) is 66.2 Å². The van der Waals surface area contributed by atoms with Crippen LogP contribution in [0.15, 0.2) is 54.7 Å². The van der Waals surface area contributed by atoms with E-state index in [1.54, 1.807) is 24.3 Å². The second-order valence-electron chi connectivity index (χ2n) is 16.3. The predicted molar refractivity (Wildman–Crippen MR) is 215 cm³/mol. The van der Waals surface area contributed by atoms with Crippen LogP contribution in [0.4, 0.5) is 8.78 Å². The van der Waals surface area contributed by atoms with Gasteiger partial charge in [0.15, 0.2) is 17.9 Å². The van der Waals surface area contributed by atoms with Gasteiger partial charge < -0.3 is 55.3 Å². The number of fused-ring (bicyclic) bond motifs is 4. The standard InChI is InChI=1S/C44H42F2N4O14/c1-19-36(54)25(49-42(60)26-14-44(45,46)18-50(26)30(53)16-48-41(59)21-10-11-47-24-8-4-3-6-20(21)24)12-31(63-19)64-28-15-43(61,29(52)17-51)13-23-33(28)40(58)35-34(38(23)56)37(55)22-7-5-9-27(62-2)32(22)39(35)57/h3-11,19,25-26,28,31,36,51,54,56,58,61H,12-18H2,1-2H3,(H,48,59)(H,49,60)/t19-,25-,26-,28-,31-,36+,43-/m0/s1. The predicted octanol–water partition coefficient (Wildman–Crippen LogP) is 1.37. The maximum Gasteiger partial charge on any atom is 0.267 e. The minimum absolute atomic E-state index is 0.000457. The molecule has 336 valence electrons. The number of ether oxygens (including phenoxy) is 3. The molecule has 18 nitrogen and oxygen atoms in total. The first-order chi connectivity index (χ1) is 30.4. The molecule has 3 aromatic carbocycles. The quantitative estimate of drug-likeness (QED) is 0.0977. The Labute approximate surface area is 361 Å². The number of hydrogen-bond donors (Lipinski definition) is 7. The van der Waals surface area contributed by atoms with E-state index >= 15 is 0 Å². The molecule has 2 saturated heterocycles. The van der Waals surface area contributed by atoms with Crippen LogP contribution in [0, 0.1) is 0 Å². The summed E-state index contributed by atoms with van der Waals surface area (Å²) < 4.78 is 47.3. The van der Waals surface area contributed by atoms with Crippen molar-refractivity contribution in [3.05, 3.63) is 93.7 Å². The fourth-order valence-corrected chi connectivity index (χ4v) is 9.10. The van der Waals surface area contributed by atoms with Crippen molar-refractivity contribution >= 4 is 46.0 Å². The SMILES string of the molecule is COc1cccc2c1C(=O)c1c(O)c3c(c(O)c1C2=O)C[C@@](O)(C(=O)CO)C[C@@H]3O[C@H]1C[C@H](NC(=O)[C@@H]2CC(F)(F)CN2C(=O)CNC(=O)c2ccnc3ccccc23)[C@H](O)[C@H](C)O1. The van der Waals surface area contributed by atoms with E-state index in [-0.39, 0.29) is 33.6 Å². The molecule has 3 amide bonds. The number of carbonyl (C=O) groups excluding carboxylic acids is 6. The van der Waals surface area contributed by atoms with E-state index in [1.807, 2.05) is 0 Å². The normalized spacial score (nSPS) is 25.8. The molecule has 0 unspecified atom stereocenters. The number of rotatable bonds is 10. The van der Waals surface area contributed by atoms with E-state index in [4.69, 9.17) is 14.2 Å². The number of aromatic nitrogens is 1. The van der Waals surface area contributed by atoms with E-state index in [2.05, 4.69) is 15.6 Å². The highest BCUT2D eigenvalue weighted by Crippen LogP contribution is 2.52. The Hall–Kier alpha value is -6.45. The average Bonchev–Trinajstić information content (AvgIpc) is 3.61. The molecule has 4 aromatic rings. The van der Waals surface area contributed by atoms with E-state index < -0.39 is 151 Å². The summed E-state index contributed by atoms with van der Waals surface area (Å²) in [5.74, 6) is -10.8. The summed E-state index contributed by atoms with van der Waals surface area (Å²) in [6, 6.07) is 9.31. The first kappa shape index (κ1) is 44.2. The van der Waals surface area contributed by atoms with Gasteiger partial charge in [0, 0.05) is 54.0 Å². The van der Waals surface area contributed by atoms with Crippen LogP contribution in [0.1, 0.15) is 85.6 Å². The van der Waals surface area contributed by atoms with Crippen LogP contribution in [0.5, 0.6) is 17.2 Å². The zero-order chi connectivity index (χ0) is 46.0. The van der Waals surface area contributed by atoms with Gasteiger partial charge in [-0.1, -0.05) is 30.3 Å². The molecule has 2 fully saturated rings. The number of methoxy groups -OCH3 is 1. The Bertz CT molecular complexity index is 2640. The lowest BCUT2D eigenvalue weighted by molar-refractivity contribution is -0.249. The van der Waals surface area contributed by atoms with Crippen molar-refractivity contribution in [3.63, 3.8) is 0 Å². The highest BCUT2D eigenvalue weighted by atomic mass is 19.3. The smallest absolute Gasteiger partial charge is 0.267 e. The van der Waals surface area contributed by atoms with Gasteiger partial charge in [-0.3, -0.25) is 33.8 Å². The summed E-state index contributed by atoms with van der Waals surface area (Å²) in [6.07, 6.45) is -7.28. The molecule has 2 aliphatic carbocycles. The number of phenolic OH excluding ortho intramolecular Hbond substituents is 2. The maximum atomic E-state index is 14.9. The molecule has 3 heterocycles. The number of Topliss-reactive ketones (excluding diaryl/α,β-unsaturated/α-hetero) is 1. The van der Waals surface area contributed by atoms with Crippen LogP contribution in [0.25, 0.3) is 10.9 Å². The summed E-state index contributed by atoms with van der Waals surface area (Å²) >= 11 is 0. The topological polar surface area (TPSA) is 271 Å². The molecule has 7 N–H and O–H groups in total. The van der Waals surface area contributed by atoms with E-state index in [1.165, 1.54) is 44.5 Å². The number of carbonyl (C=O) groups is 6. The number of halogens is 2. The fraction of sp³-hybridized carbons (Fsp3) is 0.386. The lowest BCUT2D eigenvalue weighted by Gasteiger charge is -2.43. The highest BCUT2D eigenvalue weighted by Gasteiger charge is 2.53. The largest absolute Gasteiger partial charge is 0.507 e. The van der Waals surface area contributed by atoms with Crippen LogP contribution >= 0.6 is 0 Å². The molecule has 2 aliphatic heterocycles. The fourth-order valence-electron chi connectivity index (χ4n) is 9.10. The molecule has 0 radical (unpaired) electrons. The number of nitrogens with one attached hydrogen (secondary N) is 2. The summed E-state index contributed by atoms with van der Waals surface area (Å²) in [7, 11) is 1.26. The minimum Gasteiger partial charge on any atom is -0.507 e. The number of pyridine rings is 1. The lowest BCUT2D eigenvalue weighted by Crippen LogP contribution is -2.58. The van der Waals surface area contributed by atoms with Gasteiger partial charge in [-0.15, -0.1) is 0 Å². The summed E-state index contributed by atoms with van der Waals surface area (Å²) in [5.41, 5.74) is -3.99. The minimum atomic E-state index is -3.50. The number of likely N-dealkylation sites (tertiary alicyclic amines) is 1. The summed E-state index contributed by atoms with van der Waals surface area (Å²) in [4.78, 5) is 85.9. The van der Waals surface area contributed by atoms with Crippen molar-refractivity contribution < 1.29 is 77.3 Å². The monoisotopic (exact) mass is 888 g/mol. The molecular formula is C44H42F2N4O14. The van der Waals surface area contributed by atoms with Gasteiger partial charge in [0.1, 0.15) is 41.6 Å². The van der Waals surface area contributed by atoms with Crippen molar-refractivity contribution in [3.8, 4) is 17.2 Å². The zero-order valence-electron chi connectivity index (χ0n) is 34.2. The number of aliphatic hydroxyl groups is 3. The molecule has 1 aromatic heterocycles. The van der Waals surface area contributed by atoms with Crippen LogP contribution < -0.4 is 15.4 Å². The molecule has 0 spiro atoms. The number of benzene rings is 3. The highest BCUT2D eigenvalue weighted by molar-refractivity contribution is 6.31. The van der Waals surface area contributed by atoms with Gasteiger partial charge in [0.25, 0.3) is 11.8 Å². The third-order valence-corrected chi connectivity index (χ3v) is 12.3. The first-order valence-electron chi connectivity index (χ1n) is 20.2. The Balaban J connectivity index is 1.04. The number of phenols is 2. The van der Waals surface area contributed by atoms with Gasteiger partial charge in [-0.25, -0.2) is 8.78 Å². The Morgan fingerprint density at radius 3 is 2.45 bits per heavy atom. The van der Waals surface area contributed by atoms with Crippen molar-refractivity contribution in [2.75, 3.05) is 26.8 Å². The molecular weight excluding hydrogens is 846 g/mol. The second kappa shape index (κ2) is 16.6. The van der Waals surface area contributed by atoms with Crippen LogP contribution in [0.2, 0.25) is 0 Å². The Morgan fingerprint density at radius 2 is 1.72 bits per heavy atom. The number of para-hydroxylation sites is 1. The third kappa shape index (κ3) is 7.59. The zero-order valence-corrected chi connectivity index (χ0v) is 34.2. The molecule has 8 rings (SSSR count). The molecule has 0 bridgehead atoms. The number of nitrogens with zero attached hydrogens (tertiary/aromatic N) is 2. The number of amides is 3. The van der Waals surface area contributed by atoms with E-state index in [9.17, 15) is 63.1 Å². The Morgan fingerprint density at radius 1 is 0.984 bits per heavy atom. The molecule has 7 atom stereocenters. The molecule has 64 heavy (non-hydrogen) atoms. The van der Waals surface area contributed by atoms with Crippen molar-refractivity contribution in [1.29, 1.82) is 0 Å². The molecule has 0 saturated carbocycles. The molecule has 20 heteroatoms. The van der Waals surface area contributed by atoms with Gasteiger partial charge in [-0.05, 0) is 25.1 Å². The van der Waals surface area contributed by atoms with Crippen LogP contribution in [-0.4, -0.2) is 139 Å². The number of ketones is 3. The summed E-state index contributed by atoms with van der Waals surface area (Å²) in [5, 5.41) is 61.5. The van der Waals surface area contributed by atoms with Crippen LogP contribution in [0.3, 0.4) is 0 Å². The van der Waals surface area contributed by atoms with Gasteiger partial charge >= 0.3 is 0 Å². The van der Waals surface area contributed by atoms with Gasteiger partial charge in [0.2, 0.25) is 17.6 Å². The average molecular weight is 889 g/mol. The second-order valence-corrected chi connectivity index (χ2v) is 16.3. The number of hydrogen-bond acceptors (Lipinski definition) is 15. The van der Waals surface area contributed by atoms with Crippen molar-refractivity contribution in [1.82, 2.24) is 20.5 Å². The molecule has 4 aliphatic rings. The number of alkyl halides is 2.